The lowest BCUT2D eigenvalue weighted by molar-refractivity contribution is -0.763. The Balaban J connectivity index is 2.65. The summed E-state index contributed by atoms with van der Waals surface area (Å²) in [6, 6.07) is 5.79. The molecule has 96 valence electrons. The van der Waals surface area contributed by atoms with E-state index in [-0.39, 0.29) is 6.23 Å². The summed E-state index contributed by atoms with van der Waals surface area (Å²) < 4.78 is 6.36. The molecule has 2 nitrogen and oxygen atoms in total. The van der Waals surface area contributed by atoms with Gasteiger partial charge in [-0.05, 0) is 6.42 Å². The van der Waals surface area contributed by atoms with Crippen LogP contribution in [0.4, 0.5) is 0 Å². The van der Waals surface area contributed by atoms with Crippen LogP contribution in [-0.2, 0) is 4.74 Å². The highest BCUT2D eigenvalue weighted by Crippen LogP contribution is 2.34. The third-order valence-corrected chi connectivity index (χ3v) is 2.75. The van der Waals surface area contributed by atoms with E-state index in [0.29, 0.717) is 13.0 Å². The maximum Gasteiger partial charge on any atom is 0.266 e. The van der Waals surface area contributed by atoms with Gasteiger partial charge in [-0.15, -0.1) is 0 Å². The van der Waals surface area contributed by atoms with Gasteiger partial charge in [0.2, 0.25) is 0 Å². The molecule has 0 fully saturated rings. The summed E-state index contributed by atoms with van der Waals surface area (Å²) in [7, 11) is 0. The maximum atomic E-state index is 5.83. The zero-order valence-electron chi connectivity index (χ0n) is 9.78. The fraction of sp³-hybridized carbons (Fsp3) is 0.583. The van der Waals surface area contributed by atoms with E-state index in [9.17, 15) is 0 Å². The number of ether oxygens (including phenoxy) is 1. The van der Waals surface area contributed by atoms with Gasteiger partial charge in [-0.3, -0.25) is 0 Å². The molecular weight excluding hydrogens is 280 g/mol. The highest BCUT2D eigenvalue weighted by Gasteiger charge is 2.31. The minimum absolute atomic E-state index is 0.241. The van der Waals surface area contributed by atoms with E-state index in [4.69, 9.17) is 39.5 Å². The molecule has 1 aromatic heterocycles. The smallest absolute Gasteiger partial charge is 0.266 e. The van der Waals surface area contributed by atoms with Gasteiger partial charge in [-0.1, -0.05) is 54.2 Å². The predicted molar refractivity (Wildman–Crippen MR) is 71.4 cm³/mol. The zero-order chi connectivity index (χ0) is 12.7. The van der Waals surface area contributed by atoms with Gasteiger partial charge < -0.3 is 4.74 Å². The van der Waals surface area contributed by atoms with Crippen molar-refractivity contribution in [3.05, 3.63) is 30.6 Å². The largest absolute Gasteiger partial charge is 0.321 e. The number of halogens is 3. The Kier molecular flexibility index (Phi) is 6.57. The van der Waals surface area contributed by atoms with E-state index in [1.54, 1.807) is 0 Å². The Morgan fingerprint density at radius 1 is 1.18 bits per heavy atom. The van der Waals surface area contributed by atoms with E-state index in [2.05, 4.69) is 6.92 Å². The number of nitrogens with zero attached hydrogens (tertiary/aromatic N) is 1. The van der Waals surface area contributed by atoms with Gasteiger partial charge in [0, 0.05) is 12.1 Å². The Labute approximate surface area is 117 Å². The normalized spacial score (nSPS) is 13.6. The van der Waals surface area contributed by atoms with Gasteiger partial charge in [-0.25, -0.2) is 0 Å². The van der Waals surface area contributed by atoms with Crippen molar-refractivity contribution in [3.8, 4) is 0 Å². The molecule has 0 radical (unpaired) electrons. The highest BCUT2D eigenvalue weighted by atomic mass is 35.6. The molecular formula is C12H17Cl3NO+. The third-order valence-electron chi connectivity index (χ3n) is 2.29. The minimum Gasteiger partial charge on any atom is -0.321 e. The summed E-state index contributed by atoms with van der Waals surface area (Å²) in [6.45, 7) is 2.78. The molecule has 0 spiro atoms. The number of unbranched alkanes of at least 4 members (excludes halogenated alkanes) is 1. The Morgan fingerprint density at radius 3 is 2.35 bits per heavy atom. The van der Waals surface area contributed by atoms with Gasteiger partial charge in [0.1, 0.15) is 0 Å². The molecule has 0 saturated heterocycles. The molecule has 1 atom stereocenters. The topological polar surface area (TPSA) is 13.1 Å². The molecule has 0 aliphatic rings. The number of aromatic nitrogens is 1. The van der Waals surface area contributed by atoms with Gasteiger partial charge in [0.25, 0.3) is 6.23 Å². The first-order chi connectivity index (χ1) is 8.03. The Bertz CT molecular complexity index is 313. The van der Waals surface area contributed by atoms with Crippen molar-refractivity contribution >= 4 is 34.8 Å². The van der Waals surface area contributed by atoms with Gasteiger partial charge >= 0.3 is 0 Å². The summed E-state index contributed by atoms with van der Waals surface area (Å²) in [5.74, 6) is 0. The fourth-order valence-electron chi connectivity index (χ4n) is 1.42. The molecule has 17 heavy (non-hydrogen) atoms. The standard InChI is InChI=1S/C12H17Cl3NO/c1-2-3-9-17-11(10-12(13,14)15)16-7-5-4-6-8-16/h4-8,11H,2-3,9-10H2,1H3/q+1. The van der Waals surface area contributed by atoms with E-state index in [1.807, 2.05) is 35.2 Å². The second kappa shape index (κ2) is 7.42. The summed E-state index contributed by atoms with van der Waals surface area (Å²) in [6.07, 6.45) is 6.00. The van der Waals surface area contributed by atoms with Crippen LogP contribution in [0.25, 0.3) is 0 Å². The highest BCUT2D eigenvalue weighted by molar-refractivity contribution is 6.67. The predicted octanol–water partition coefficient (Wildman–Crippen LogP) is 4.05. The molecule has 0 N–H and O–H groups in total. The Morgan fingerprint density at radius 2 is 1.82 bits per heavy atom. The van der Waals surface area contributed by atoms with Crippen molar-refractivity contribution in [2.45, 2.75) is 36.2 Å². The molecule has 0 aliphatic carbocycles. The van der Waals surface area contributed by atoms with Crippen LogP contribution in [0.2, 0.25) is 0 Å². The molecule has 0 aliphatic heterocycles. The number of alkyl halides is 3. The van der Waals surface area contributed by atoms with Crippen molar-refractivity contribution < 1.29 is 9.30 Å². The van der Waals surface area contributed by atoms with Crippen LogP contribution < -0.4 is 4.57 Å². The minimum atomic E-state index is -1.31. The fourth-order valence-corrected chi connectivity index (χ4v) is 1.81. The Hall–Kier alpha value is -0.0200. The first kappa shape index (κ1) is 15.0. The second-order valence-corrected chi connectivity index (χ2v) is 6.34. The van der Waals surface area contributed by atoms with Crippen LogP contribution in [0.3, 0.4) is 0 Å². The van der Waals surface area contributed by atoms with Crippen molar-refractivity contribution in [3.63, 3.8) is 0 Å². The van der Waals surface area contributed by atoms with Crippen LogP contribution in [0, 0.1) is 0 Å². The van der Waals surface area contributed by atoms with E-state index in [0.717, 1.165) is 12.8 Å². The number of hydrogen-bond acceptors (Lipinski definition) is 1. The second-order valence-electron chi connectivity index (χ2n) is 3.82. The van der Waals surface area contributed by atoms with Crippen LogP contribution >= 0.6 is 34.8 Å². The summed E-state index contributed by atoms with van der Waals surface area (Å²) in [4.78, 5) is 0. The molecule has 0 bridgehead atoms. The monoisotopic (exact) mass is 296 g/mol. The van der Waals surface area contributed by atoms with E-state index in [1.165, 1.54) is 0 Å². The lowest BCUT2D eigenvalue weighted by atomic mass is 10.3. The van der Waals surface area contributed by atoms with Crippen molar-refractivity contribution in [2.24, 2.45) is 0 Å². The van der Waals surface area contributed by atoms with Gasteiger partial charge in [0.15, 0.2) is 16.2 Å². The third kappa shape index (κ3) is 6.46. The molecule has 1 rings (SSSR count). The SMILES string of the molecule is CCCCOC(CC(Cl)(Cl)Cl)[n+]1ccccc1. The van der Waals surface area contributed by atoms with E-state index >= 15 is 0 Å². The number of rotatable bonds is 6. The molecule has 1 unspecified atom stereocenters. The quantitative estimate of drug-likeness (QED) is 0.438. The van der Waals surface area contributed by atoms with Crippen LogP contribution in [0.15, 0.2) is 30.6 Å². The maximum absolute atomic E-state index is 5.83. The van der Waals surface area contributed by atoms with Gasteiger partial charge in [0.05, 0.1) is 13.0 Å². The first-order valence-corrected chi connectivity index (χ1v) is 6.80. The molecule has 1 aromatic rings. The number of hydrogen-bond donors (Lipinski definition) is 0. The van der Waals surface area contributed by atoms with Crippen molar-refractivity contribution in [1.29, 1.82) is 0 Å². The zero-order valence-corrected chi connectivity index (χ0v) is 12.0. The van der Waals surface area contributed by atoms with Crippen LogP contribution in [0.1, 0.15) is 32.4 Å². The molecule has 0 aromatic carbocycles. The van der Waals surface area contributed by atoms with Crippen LogP contribution in [0.5, 0.6) is 0 Å². The summed E-state index contributed by atoms with van der Waals surface area (Å²) >= 11 is 17.5. The molecule has 0 amide bonds. The lowest BCUT2D eigenvalue weighted by Gasteiger charge is -2.17. The summed E-state index contributed by atoms with van der Waals surface area (Å²) in [5.41, 5.74) is 0. The molecule has 0 saturated carbocycles. The number of pyridine rings is 1. The summed E-state index contributed by atoms with van der Waals surface area (Å²) in [5, 5.41) is 0. The molecule has 5 heteroatoms. The van der Waals surface area contributed by atoms with E-state index < -0.39 is 3.79 Å². The van der Waals surface area contributed by atoms with Crippen molar-refractivity contribution in [1.82, 2.24) is 0 Å². The van der Waals surface area contributed by atoms with Gasteiger partial charge in [-0.2, -0.15) is 4.57 Å². The molecule has 1 heterocycles. The average Bonchev–Trinajstić information content (AvgIpc) is 2.28. The first-order valence-electron chi connectivity index (χ1n) is 5.67. The lowest BCUT2D eigenvalue weighted by Crippen LogP contribution is -2.42. The van der Waals surface area contributed by atoms with Crippen molar-refractivity contribution in [2.75, 3.05) is 6.61 Å². The van der Waals surface area contributed by atoms with Crippen LogP contribution in [-0.4, -0.2) is 10.4 Å². The average molecular weight is 298 g/mol.